The van der Waals surface area contributed by atoms with E-state index in [4.69, 9.17) is 11.6 Å². The van der Waals surface area contributed by atoms with E-state index in [1.165, 1.54) is 18.9 Å². The zero-order chi connectivity index (χ0) is 12.5. The highest BCUT2D eigenvalue weighted by Gasteiger charge is 2.33. The lowest BCUT2D eigenvalue weighted by atomic mass is 10.1. The van der Waals surface area contributed by atoms with Crippen molar-refractivity contribution in [2.75, 3.05) is 19.6 Å². The Labute approximate surface area is 112 Å². The largest absolute Gasteiger partial charge is 0.311 e. The van der Waals surface area contributed by atoms with Crippen LogP contribution >= 0.6 is 11.6 Å². The van der Waals surface area contributed by atoms with Crippen LogP contribution in [0.2, 0.25) is 5.02 Å². The molecule has 1 N–H and O–H groups in total. The van der Waals surface area contributed by atoms with Crippen molar-refractivity contribution < 1.29 is 4.39 Å². The average Bonchev–Trinajstić information content (AvgIpc) is 3.20. The number of benzene rings is 1. The summed E-state index contributed by atoms with van der Waals surface area (Å²) in [6.45, 7) is 3.84. The second-order valence-corrected chi connectivity index (χ2v) is 5.72. The van der Waals surface area contributed by atoms with Crippen LogP contribution < -0.4 is 5.32 Å². The van der Waals surface area contributed by atoms with Gasteiger partial charge in [-0.3, -0.25) is 4.90 Å². The summed E-state index contributed by atoms with van der Waals surface area (Å²) in [6.07, 6.45) is 2.71. The zero-order valence-corrected chi connectivity index (χ0v) is 11.1. The summed E-state index contributed by atoms with van der Waals surface area (Å²) >= 11 is 6.01. The molecule has 1 saturated heterocycles. The molecule has 1 unspecified atom stereocenters. The van der Waals surface area contributed by atoms with Gasteiger partial charge in [0.1, 0.15) is 5.82 Å². The van der Waals surface area contributed by atoms with Gasteiger partial charge in [0, 0.05) is 32.2 Å². The number of hydrogen-bond donors (Lipinski definition) is 1. The van der Waals surface area contributed by atoms with Crippen molar-refractivity contribution in [1.82, 2.24) is 10.2 Å². The fourth-order valence-corrected chi connectivity index (χ4v) is 2.90. The van der Waals surface area contributed by atoms with Gasteiger partial charge in [0.05, 0.1) is 5.02 Å². The standard InChI is InChI=1S/C14H18ClFN2/c15-14-11(2-1-3-12(14)16)8-18-7-6-17-13(9-18)10-4-5-10/h1-3,10,13,17H,4-9H2. The molecule has 98 valence electrons. The molecule has 0 aromatic heterocycles. The normalized spacial score (nSPS) is 25.3. The minimum absolute atomic E-state index is 0.277. The van der Waals surface area contributed by atoms with Crippen LogP contribution in [0.1, 0.15) is 18.4 Å². The van der Waals surface area contributed by atoms with Crippen LogP contribution in [-0.4, -0.2) is 30.6 Å². The van der Waals surface area contributed by atoms with Gasteiger partial charge in [0.25, 0.3) is 0 Å². The van der Waals surface area contributed by atoms with Gasteiger partial charge >= 0.3 is 0 Å². The first kappa shape index (κ1) is 12.4. The third kappa shape index (κ3) is 2.68. The molecule has 18 heavy (non-hydrogen) atoms. The molecule has 1 aromatic rings. The smallest absolute Gasteiger partial charge is 0.142 e. The van der Waals surface area contributed by atoms with Gasteiger partial charge in [0.15, 0.2) is 0 Å². The summed E-state index contributed by atoms with van der Waals surface area (Å²) in [5, 5.41) is 3.85. The van der Waals surface area contributed by atoms with E-state index in [0.29, 0.717) is 6.04 Å². The van der Waals surface area contributed by atoms with Crippen molar-refractivity contribution in [2.24, 2.45) is 5.92 Å². The van der Waals surface area contributed by atoms with E-state index in [1.54, 1.807) is 6.07 Å². The topological polar surface area (TPSA) is 15.3 Å². The molecular weight excluding hydrogens is 251 g/mol. The molecule has 1 aliphatic carbocycles. The van der Waals surface area contributed by atoms with Crippen molar-refractivity contribution in [3.63, 3.8) is 0 Å². The van der Waals surface area contributed by atoms with Gasteiger partial charge in [-0.05, 0) is 30.4 Å². The fourth-order valence-electron chi connectivity index (χ4n) is 2.71. The molecule has 1 heterocycles. The maximum atomic E-state index is 13.4. The molecule has 2 aliphatic rings. The predicted molar refractivity (Wildman–Crippen MR) is 71.2 cm³/mol. The first-order valence-electron chi connectivity index (χ1n) is 6.62. The second-order valence-electron chi connectivity index (χ2n) is 5.35. The molecule has 0 radical (unpaired) electrons. The summed E-state index contributed by atoms with van der Waals surface area (Å²) < 4.78 is 13.4. The zero-order valence-electron chi connectivity index (χ0n) is 10.3. The molecule has 2 fully saturated rings. The van der Waals surface area contributed by atoms with Crippen LogP contribution in [0.5, 0.6) is 0 Å². The van der Waals surface area contributed by atoms with Gasteiger partial charge < -0.3 is 5.32 Å². The van der Waals surface area contributed by atoms with E-state index in [1.807, 2.05) is 6.07 Å². The van der Waals surface area contributed by atoms with Gasteiger partial charge in [-0.25, -0.2) is 4.39 Å². The summed E-state index contributed by atoms with van der Waals surface area (Å²) in [5.41, 5.74) is 0.896. The Balaban J connectivity index is 1.66. The van der Waals surface area contributed by atoms with Crippen LogP contribution in [0.25, 0.3) is 0 Å². The minimum atomic E-state index is -0.317. The molecule has 4 heteroatoms. The molecule has 0 amide bonds. The summed E-state index contributed by atoms with van der Waals surface area (Å²) in [5.74, 6) is 0.541. The molecule has 3 rings (SSSR count). The maximum Gasteiger partial charge on any atom is 0.142 e. The van der Waals surface area contributed by atoms with E-state index in [0.717, 1.165) is 37.7 Å². The highest BCUT2D eigenvalue weighted by Crippen LogP contribution is 2.34. The van der Waals surface area contributed by atoms with Crippen molar-refractivity contribution >= 4 is 11.6 Å². The molecule has 2 nitrogen and oxygen atoms in total. The molecule has 1 aliphatic heterocycles. The van der Waals surface area contributed by atoms with Gasteiger partial charge in [0.2, 0.25) is 0 Å². The SMILES string of the molecule is Fc1cccc(CN2CCNC(C3CC3)C2)c1Cl. The van der Waals surface area contributed by atoms with E-state index in [2.05, 4.69) is 10.2 Å². The fraction of sp³-hybridized carbons (Fsp3) is 0.571. The number of halogens is 2. The monoisotopic (exact) mass is 268 g/mol. The Morgan fingerprint density at radius 3 is 3.00 bits per heavy atom. The van der Waals surface area contributed by atoms with Gasteiger partial charge in [-0.15, -0.1) is 0 Å². The Morgan fingerprint density at radius 2 is 2.22 bits per heavy atom. The molecule has 0 spiro atoms. The molecule has 1 saturated carbocycles. The number of hydrogen-bond acceptors (Lipinski definition) is 2. The second kappa shape index (κ2) is 5.16. The van der Waals surface area contributed by atoms with Crippen LogP contribution in [0, 0.1) is 11.7 Å². The van der Waals surface area contributed by atoms with Gasteiger partial charge in [-0.1, -0.05) is 23.7 Å². The van der Waals surface area contributed by atoms with E-state index in [9.17, 15) is 4.39 Å². The van der Waals surface area contributed by atoms with E-state index < -0.39 is 0 Å². The Bertz CT molecular complexity index is 434. The third-order valence-corrected chi connectivity index (χ3v) is 4.33. The molecule has 1 aromatic carbocycles. The van der Waals surface area contributed by atoms with Crippen molar-refractivity contribution in [2.45, 2.75) is 25.4 Å². The van der Waals surface area contributed by atoms with Gasteiger partial charge in [-0.2, -0.15) is 0 Å². The Kier molecular flexibility index (Phi) is 3.55. The highest BCUT2D eigenvalue weighted by molar-refractivity contribution is 6.31. The van der Waals surface area contributed by atoms with E-state index >= 15 is 0 Å². The number of nitrogens with zero attached hydrogens (tertiary/aromatic N) is 1. The lowest BCUT2D eigenvalue weighted by Crippen LogP contribution is -2.51. The molecule has 0 bridgehead atoms. The summed E-state index contributed by atoms with van der Waals surface area (Å²) in [4.78, 5) is 2.38. The van der Waals surface area contributed by atoms with Crippen LogP contribution in [0.3, 0.4) is 0 Å². The molecular formula is C14H18ClFN2. The first-order valence-corrected chi connectivity index (χ1v) is 7.00. The predicted octanol–water partition coefficient (Wildman–Crippen LogP) is 2.66. The highest BCUT2D eigenvalue weighted by atomic mass is 35.5. The number of piperazine rings is 1. The maximum absolute atomic E-state index is 13.4. The quantitative estimate of drug-likeness (QED) is 0.907. The first-order chi connectivity index (χ1) is 8.74. The third-order valence-electron chi connectivity index (χ3n) is 3.91. The average molecular weight is 269 g/mol. The lowest BCUT2D eigenvalue weighted by molar-refractivity contribution is 0.181. The van der Waals surface area contributed by atoms with Crippen molar-refractivity contribution in [3.05, 3.63) is 34.6 Å². The Hall–Kier alpha value is -0.640. The number of rotatable bonds is 3. The Morgan fingerprint density at radius 1 is 1.39 bits per heavy atom. The summed E-state index contributed by atoms with van der Waals surface area (Å²) in [6, 6.07) is 5.68. The number of nitrogens with one attached hydrogen (secondary N) is 1. The van der Waals surface area contributed by atoms with E-state index in [-0.39, 0.29) is 10.8 Å². The van der Waals surface area contributed by atoms with Crippen LogP contribution in [0.15, 0.2) is 18.2 Å². The minimum Gasteiger partial charge on any atom is -0.311 e. The lowest BCUT2D eigenvalue weighted by Gasteiger charge is -2.34. The van der Waals surface area contributed by atoms with Crippen molar-refractivity contribution in [1.29, 1.82) is 0 Å². The van der Waals surface area contributed by atoms with Crippen molar-refractivity contribution in [3.8, 4) is 0 Å². The summed E-state index contributed by atoms with van der Waals surface area (Å²) in [7, 11) is 0. The van der Waals surface area contributed by atoms with Crippen LogP contribution in [0.4, 0.5) is 4.39 Å². The molecule has 1 atom stereocenters. The van der Waals surface area contributed by atoms with Crippen LogP contribution in [-0.2, 0) is 6.54 Å².